The van der Waals surface area contributed by atoms with Crippen LogP contribution in [0.25, 0.3) is 21.5 Å². The van der Waals surface area contributed by atoms with Gasteiger partial charge in [-0.15, -0.1) is 11.3 Å². The maximum absolute atomic E-state index is 15.0. The Morgan fingerprint density at radius 3 is 2.41 bits per heavy atom. The zero-order valence-corrected chi connectivity index (χ0v) is 23.3. The highest BCUT2D eigenvalue weighted by Gasteiger charge is 2.28. The maximum Gasteiger partial charge on any atom is 0.288 e. The van der Waals surface area contributed by atoms with E-state index < -0.39 is 22.6 Å². The van der Waals surface area contributed by atoms with Crippen LogP contribution in [-0.4, -0.2) is 56.7 Å². The summed E-state index contributed by atoms with van der Waals surface area (Å²) in [7, 11) is -1.18. The fourth-order valence-electron chi connectivity index (χ4n) is 4.94. The lowest BCUT2D eigenvalue weighted by atomic mass is 10.0. The first kappa shape index (κ1) is 27.5. The molecule has 2 aromatic heterocycles. The van der Waals surface area contributed by atoms with Crippen LogP contribution in [-0.2, 0) is 16.4 Å². The summed E-state index contributed by atoms with van der Waals surface area (Å²) in [5.74, 6) is 0. The molecule has 0 spiro atoms. The molecule has 1 aliphatic heterocycles. The molecule has 5 rings (SSSR count). The van der Waals surface area contributed by atoms with Gasteiger partial charge in [0.1, 0.15) is 0 Å². The van der Waals surface area contributed by atoms with E-state index in [2.05, 4.69) is 22.6 Å². The Hall–Kier alpha value is -3.02. The molecule has 1 fully saturated rings. The fraction of sp³-hybridized carbons (Fsp3) is 0.357. The average molecular weight is 577 g/mol. The van der Waals surface area contributed by atoms with Crippen LogP contribution in [0, 0.1) is 0 Å². The number of hydrogen-bond acceptors (Lipinski definition) is 6. The summed E-state index contributed by atoms with van der Waals surface area (Å²) in [5.41, 5.74) is 2.40. The van der Waals surface area contributed by atoms with Crippen molar-refractivity contribution in [3.8, 4) is 10.6 Å². The lowest BCUT2D eigenvalue weighted by molar-refractivity contribution is 0.0115. The third kappa shape index (κ3) is 6.10. The summed E-state index contributed by atoms with van der Waals surface area (Å²) in [5, 5.41) is 7.53. The first-order valence-corrected chi connectivity index (χ1v) is 15.5. The number of halogens is 3. The van der Waals surface area contributed by atoms with Crippen LogP contribution in [0.5, 0.6) is 0 Å². The van der Waals surface area contributed by atoms with Crippen LogP contribution in [0.3, 0.4) is 0 Å². The highest BCUT2D eigenvalue weighted by Crippen LogP contribution is 2.40. The summed E-state index contributed by atoms with van der Waals surface area (Å²) < 4.78 is 66.8. The van der Waals surface area contributed by atoms with Crippen LogP contribution < -0.4 is 10.6 Å². The van der Waals surface area contributed by atoms with E-state index in [0.717, 1.165) is 53.0 Å². The van der Waals surface area contributed by atoms with Crippen LogP contribution in [0.1, 0.15) is 24.0 Å². The zero-order chi connectivity index (χ0) is 27.7. The first-order chi connectivity index (χ1) is 18.6. The van der Waals surface area contributed by atoms with Gasteiger partial charge in [0.15, 0.2) is 9.84 Å². The second kappa shape index (κ2) is 11.2. The van der Waals surface area contributed by atoms with Gasteiger partial charge in [-0.2, -0.15) is 0 Å². The zero-order valence-electron chi connectivity index (χ0n) is 21.7. The Labute approximate surface area is 230 Å². The second-order valence-electron chi connectivity index (χ2n) is 9.98. The van der Waals surface area contributed by atoms with Gasteiger partial charge >= 0.3 is 0 Å². The Morgan fingerprint density at radius 2 is 1.74 bits per heavy atom. The molecule has 6 nitrogen and oxygen atoms in total. The van der Waals surface area contributed by atoms with Crippen LogP contribution in [0.4, 0.5) is 24.5 Å². The van der Waals surface area contributed by atoms with E-state index in [1.165, 1.54) is 11.3 Å². The van der Waals surface area contributed by atoms with Gasteiger partial charge in [-0.25, -0.2) is 21.6 Å². The molecular weight excluding hydrogens is 545 g/mol. The predicted molar refractivity (Wildman–Crippen MR) is 152 cm³/mol. The number of thiophene rings is 1. The van der Waals surface area contributed by atoms with Gasteiger partial charge in [-0.05, 0) is 87.6 Å². The van der Waals surface area contributed by atoms with Crippen molar-refractivity contribution in [2.45, 2.75) is 43.0 Å². The van der Waals surface area contributed by atoms with Gasteiger partial charge in [-0.1, -0.05) is 6.07 Å². The van der Waals surface area contributed by atoms with E-state index in [4.69, 9.17) is 0 Å². The number of nitrogens with one attached hydrogen (secondary N) is 2. The molecule has 0 saturated carbocycles. The fourth-order valence-corrected chi connectivity index (χ4v) is 6.53. The number of hydrogen-bond donors (Lipinski definition) is 2. The van der Waals surface area contributed by atoms with Crippen molar-refractivity contribution in [3.63, 3.8) is 0 Å². The summed E-state index contributed by atoms with van der Waals surface area (Å²) in [6, 6.07) is 17.6. The Bertz CT molecular complexity index is 1540. The summed E-state index contributed by atoms with van der Waals surface area (Å²) >= 11 is 1.40. The lowest BCUT2D eigenvalue weighted by Gasteiger charge is -2.30. The summed E-state index contributed by atoms with van der Waals surface area (Å²) in [6.45, 7) is 2.40. The molecule has 208 valence electrons. The minimum absolute atomic E-state index is 0.240. The molecule has 0 bridgehead atoms. The molecule has 0 amide bonds. The van der Waals surface area contributed by atoms with Gasteiger partial charge < -0.3 is 20.1 Å². The number of fused-ring (bicyclic) bond motifs is 1. The van der Waals surface area contributed by atoms with Gasteiger partial charge in [0.05, 0.1) is 21.0 Å². The minimum Gasteiger partial charge on any atom is -0.382 e. The molecule has 1 atom stereocenters. The molecule has 39 heavy (non-hydrogen) atoms. The van der Waals surface area contributed by atoms with Crippen LogP contribution >= 0.6 is 11.3 Å². The van der Waals surface area contributed by atoms with E-state index in [9.17, 15) is 17.2 Å². The second-order valence-corrected chi connectivity index (χ2v) is 13.2. The monoisotopic (exact) mass is 576 g/mol. The molecule has 4 aromatic rings. The van der Waals surface area contributed by atoms with Gasteiger partial charge in [0.25, 0.3) is 6.43 Å². The van der Waals surface area contributed by atoms with E-state index in [1.807, 2.05) is 18.2 Å². The third-order valence-electron chi connectivity index (χ3n) is 7.08. The van der Waals surface area contributed by atoms with Crippen molar-refractivity contribution in [1.82, 2.24) is 9.47 Å². The lowest BCUT2D eigenvalue weighted by Crippen LogP contribution is -2.36. The highest BCUT2D eigenvalue weighted by molar-refractivity contribution is 7.90. The standard InChI is InChI=1S/C28H31F3N4O2S2/c1-34-14-12-19(13-15-34)33-23-4-3-5-24-22(23)16-25(35(24)28(31)27(29)30)26-11-8-20(38-26)17-32-18-6-9-21(10-7-18)39(2,36)37/h3-11,16,19,27-28,32-33H,12-15,17H2,1-2H3. The van der Waals surface area contributed by atoms with Crippen molar-refractivity contribution in [1.29, 1.82) is 0 Å². The van der Waals surface area contributed by atoms with E-state index in [-0.39, 0.29) is 10.9 Å². The number of anilines is 2. The van der Waals surface area contributed by atoms with Crippen LogP contribution in [0.15, 0.2) is 65.6 Å². The largest absolute Gasteiger partial charge is 0.382 e. The Morgan fingerprint density at radius 1 is 1.03 bits per heavy atom. The number of rotatable bonds is 9. The van der Waals surface area contributed by atoms with Gasteiger partial charge in [0.2, 0.25) is 6.30 Å². The first-order valence-electron chi connectivity index (χ1n) is 12.7. The number of piperidine rings is 1. The van der Waals surface area contributed by atoms with Crippen molar-refractivity contribution in [3.05, 3.63) is 65.5 Å². The topological polar surface area (TPSA) is 66.4 Å². The molecular formula is C28H31F3N4O2S2. The number of benzene rings is 2. The van der Waals surface area contributed by atoms with E-state index in [1.54, 1.807) is 42.5 Å². The van der Waals surface area contributed by atoms with Gasteiger partial charge in [-0.3, -0.25) is 0 Å². The molecule has 0 radical (unpaired) electrons. The Balaban J connectivity index is 1.42. The number of alkyl halides is 3. The quantitative estimate of drug-likeness (QED) is 0.234. The normalized spacial score (nSPS) is 16.2. The van der Waals surface area contributed by atoms with E-state index in [0.29, 0.717) is 28.0 Å². The van der Waals surface area contributed by atoms with Crippen molar-refractivity contribution < 1.29 is 21.6 Å². The van der Waals surface area contributed by atoms with Gasteiger partial charge in [0, 0.05) is 40.5 Å². The molecule has 1 saturated heterocycles. The number of nitrogens with zero attached hydrogens (tertiary/aromatic N) is 2. The predicted octanol–water partition coefficient (Wildman–Crippen LogP) is 6.62. The highest BCUT2D eigenvalue weighted by atomic mass is 32.2. The number of sulfone groups is 1. The SMILES string of the molecule is CN1CCC(Nc2cccc3c2cc(-c2ccc(CNc4ccc(S(C)(=O)=O)cc4)s2)n3C(F)C(F)F)CC1. The molecule has 3 heterocycles. The molecule has 2 N–H and O–H groups in total. The van der Waals surface area contributed by atoms with Crippen molar-refractivity contribution in [2.24, 2.45) is 0 Å². The summed E-state index contributed by atoms with van der Waals surface area (Å²) in [6.07, 6.45) is -2.54. The maximum atomic E-state index is 15.0. The molecule has 0 aliphatic carbocycles. The smallest absolute Gasteiger partial charge is 0.288 e. The van der Waals surface area contributed by atoms with Crippen molar-refractivity contribution in [2.75, 3.05) is 37.0 Å². The molecule has 11 heteroatoms. The molecule has 1 unspecified atom stereocenters. The molecule has 1 aliphatic rings. The Kier molecular flexibility index (Phi) is 7.93. The van der Waals surface area contributed by atoms with Crippen LogP contribution in [0.2, 0.25) is 0 Å². The van der Waals surface area contributed by atoms with E-state index >= 15 is 4.39 Å². The number of likely N-dealkylation sites (tertiary alicyclic amines) is 1. The summed E-state index contributed by atoms with van der Waals surface area (Å²) in [4.78, 5) is 4.12. The average Bonchev–Trinajstić information content (AvgIpc) is 3.53. The number of aromatic nitrogens is 1. The third-order valence-corrected chi connectivity index (χ3v) is 9.32. The van der Waals surface area contributed by atoms with Crippen molar-refractivity contribution >= 4 is 43.5 Å². The minimum atomic E-state index is -3.27. The molecule has 2 aromatic carbocycles.